The minimum absolute atomic E-state index is 0.143. The minimum atomic E-state index is -0.947. The summed E-state index contributed by atoms with van der Waals surface area (Å²) in [4.78, 5) is 62.3. The lowest BCUT2D eigenvalue weighted by molar-refractivity contribution is -0.134. The minimum Gasteiger partial charge on any atom is -0.393 e. The van der Waals surface area contributed by atoms with Crippen molar-refractivity contribution in [2.24, 2.45) is 17.0 Å². The standard InChI is InChI=1S/C42H70N6O10/c1-30(2)13-15-35(45-41(52)34(16-14-33-11-9-8-10-12-33)44-37(49)28-48-17-19-54-20-18-48)40(51)43-32(5)39(50)46-36(27-31(3)4)38(42(6)29-57-42)47-58-26-25-56-24-23-55-22-21-53-7/h8-12,30-32,34-36H,13-29H2,1-7H3,(H,43,51)(H,44,49)(H,45,52)(H,46,50)/b47-38-/t32-,34-,35-,36?,42+/m0/s1. The van der Waals surface area contributed by atoms with E-state index in [2.05, 4.69) is 26.4 Å². The fourth-order valence-corrected chi connectivity index (χ4v) is 6.32. The van der Waals surface area contributed by atoms with E-state index in [0.717, 1.165) is 5.56 Å². The van der Waals surface area contributed by atoms with Gasteiger partial charge in [0.15, 0.2) is 0 Å². The molecule has 2 heterocycles. The highest BCUT2D eigenvalue weighted by Crippen LogP contribution is 2.31. The first-order valence-corrected chi connectivity index (χ1v) is 20.8. The molecule has 0 saturated carbocycles. The second-order valence-corrected chi connectivity index (χ2v) is 16.0. The van der Waals surface area contributed by atoms with E-state index in [1.54, 1.807) is 14.0 Å². The number of benzene rings is 1. The molecule has 2 saturated heterocycles. The lowest BCUT2D eigenvalue weighted by Crippen LogP contribution is -2.58. The molecule has 58 heavy (non-hydrogen) atoms. The fourth-order valence-electron chi connectivity index (χ4n) is 6.32. The van der Waals surface area contributed by atoms with Crippen molar-refractivity contribution in [3.63, 3.8) is 0 Å². The van der Waals surface area contributed by atoms with Gasteiger partial charge in [-0.25, -0.2) is 0 Å². The zero-order valence-electron chi connectivity index (χ0n) is 35.8. The lowest BCUT2D eigenvalue weighted by atomic mass is 9.92. The van der Waals surface area contributed by atoms with Crippen LogP contribution >= 0.6 is 0 Å². The molecule has 16 heteroatoms. The molecule has 3 rings (SSSR count). The molecule has 5 atom stereocenters. The number of nitrogens with one attached hydrogen (secondary N) is 4. The largest absolute Gasteiger partial charge is 0.393 e. The van der Waals surface area contributed by atoms with Crippen LogP contribution in [0.5, 0.6) is 0 Å². The third-order valence-electron chi connectivity index (χ3n) is 9.86. The van der Waals surface area contributed by atoms with Gasteiger partial charge in [-0.1, -0.05) is 63.2 Å². The Balaban J connectivity index is 1.66. The zero-order valence-corrected chi connectivity index (χ0v) is 35.8. The number of hydrogen-bond acceptors (Lipinski definition) is 12. The second kappa shape index (κ2) is 26.4. The van der Waals surface area contributed by atoms with Crippen molar-refractivity contribution in [2.75, 3.05) is 86.2 Å². The normalized spacial score (nSPS) is 19.2. The molecule has 2 fully saturated rings. The Morgan fingerprint density at radius 1 is 0.759 bits per heavy atom. The number of rotatable bonds is 29. The molecule has 0 radical (unpaired) electrons. The van der Waals surface area contributed by atoms with Gasteiger partial charge in [-0.05, 0) is 63.4 Å². The number of amides is 4. The molecule has 1 unspecified atom stereocenters. The first-order valence-electron chi connectivity index (χ1n) is 20.8. The van der Waals surface area contributed by atoms with Crippen LogP contribution in [0.25, 0.3) is 0 Å². The van der Waals surface area contributed by atoms with Gasteiger partial charge in [-0.2, -0.15) is 0 Å². The number of carbonyl (C=O) groups excluding carboxylic acids is 4. The quantitative estimate of drug-likeness (QED) is 0.0402. The molecule has 0 bridgehead atoms. The molecule has 0 aromatic heterocycles. The molecule has 0 aliphatic carbocycles. The Morgan fingerprint density at radius 2 is 1.36 bits per heavy atom. The Bertz CT molecular complexity index is 1400. The molecule has 2 aliphatic heterocycles. The second-order valence-electron chi connectivity index (χ2n) is 16.0. The van der Waals surface area contributed by atoms with E-state index in [0.29, 0.717) is 104 Å². The summed E-state index contributed by atoms with van der Waals surface area (Å²) in [5.74, 6) is -1.20. The number of hydrogen-bond donors (Lipinski definition) is 4. The van der Waals surface area contributed by atoms with E-state index < -0.39 is 47.5 Å². The number of nitrogens with zero attached hydrogens (tertiary/aromatic N) is 2. The van der Waals surface area contributed by atoms with Crippen LogP contribution in [0, 0.1) is 11.8 Å². The summed E-state index contributed by atoms with van der Waals surface area (Å²) < 4.78 is 27.1. The summed E-state index contributed by atoms with van der Waals surface area (Å²) in [6.07, 6.45) is 2.44. The van der Waals surface area contributed by atoms with Crippen LogP contribution in [0.15, 0.2) is 35.5 Å². The van der Waals surface area contributed by atoms with Crippen molar-refractivity contribution in [3.8, 4) is 0 Å². The molecular weight excluding hydrogens is 748 g/mol. The van der Waals surface area contributed by atoms with Gasteiger partial charge < -0.3 is 49.8 Å². The summed E-state index contributed by atoms with van der Waals surface area (Å²) in [7, 11) is 1.62. The van der Waals surface area contributed by atoms with Crippen LogP contribution < -0.4 is 21.3 Å². The Hall–Kier alpha value is -3.67. The number of carbonyl (C=O) groups is 4. The van der Waals surface area contributed by atoms with Gasteiger partial charge in [0.05, 0.1) is 65.4 Å². The summed E-state index contributed by atoms with van der Waals surface area (Å²) in [6, 6.07) is 6.44. The van der Waals surface area contributed by atoms with E-state index >= 15 is 0 Å². The van der Waals surface area contributed by atoms with Crippen LogP contribution in [0.1, 0.15) is 72.8 Å². The van der Waals surface area contributed by atoms with Crippen LogP contribution in [0.2, 0.25) is 0 Å². The van der Waals surface area contributed by atoms with Crippen LogP contribution in [-0.2, 0) is 54.1 Å². The van der Waals surface area contributed by atoms with E-state index in [-0.39, 0.29) is 30.9 Å². The van der Waals surface area contributed by atoms with Gasteiger partial charge in [0.1, 0.15) is 36.0 Å². The smallest absolute Gasteiger partial charge is 0.243 e. The van der Waals surface area contributed by atoms with Gasteiger partial charge in [0.25, 0.3) is 0 Å². The maximum Gasteiger partial charge on any atom is 0.243 e. The first kappa shape index (κ1) is 48.7. The fraction of sp³-hybridized carbons (Fsp3) is 0.738. The zero-order chi connectivity index (χ0) is 42.3. The van der Waals surface area contributed by atoms with E-state index in [1.165, 1.54) is 0 Å². The van der Waals surface area contributed by atoms with Crippen molar-refractivity contribution in [1.29, 1.82) is 0 Å². The van der Waals surface area contributed by atoms with Gasteiger partial charge in [-0.3, -0.25) is 24.1 Å². The number of morpholine rings is 1. The van der Waals surface area contributed by atoms with Crippen molar-refractivity contribution in [3.05, 3.63) is 35.9 Å². The van der Waals surface area contributed by atoms with Gasteiger partial charge in [0.2, 0.25) is 23.6 Å². The highest BCUT2D eigenvalue weighted by molar-refractivity contribution is 6.01. The Morgan fingerprint density at radius 3 is 1.98 bits per heavy atom. The van der Waals surface area contributed by atoms with Crippen LogP contribution in [0.3, 0.4) is 0 Å². The molecule has 4 N–H and O–H groups in total. The maximum atomic E-state index is 13.9. The summed E-state index contributed by atoms with van der Waals surface area (Å²) in [6.45, 7) is 17.0. The van der Waals surface area contributed by atoms with E-state index in [1.807, 2.05) is 69.9 Å². The van der Waals surface area contributed by atoms with E-state index in [9.17, 15) is 19.2 Å². The molecule has 1 aromatic carbocycles. The molecule has 4 amide bonds. The topological polar surface area (TPSA) is 191 Å². The molecule has 1 aromatic rings. The number of ether oxygens (including phenoxy) is 5. The number of methoxy groups -OCH3 is 1. The molecule has 16 nitrogen and oxygen atoms in total. The van der Waals surface area contributed by atoms with Gasteiger partial charge >= 0.3 is 0 Å². The molecular formula is C42H70N6O10. The molecule has 328 valence electrons. The highest BCUT2D eigenvalue weighted by Gasteiger charge is 2.49. The molecule has 2 aliphatic rings. The van der Waals surface area contributed by atoms with E-state index in [4.69, 9.17) is 28.5 Å². The van der Waals surface area contributed by atoms with Crippen molar-refractivity contribution < 1.29 is 47.7 Å². The third-order valence-corrected chi connectivity index (χ3v) is 9.86. The van der Waals surface area contributed by atoms with Crippen LogP contribution in [0.4, 0.5) is 0 Å². The summed E-state index contributed by atoms with van der Waals surface area (Å²) in [5, 5.41) is 16.2. The van der Waals surface area contributed by atoms with Crippen molar-refractivity contribution >= 4 is 29.3 Å². The maximum absolute atomic E-state index is 13.9. The first-order chi connectivity index (χ1) is 27.8. The van der Waals surface area contributed by atoms with Crippen LogP contribution in [-0.4, -0.2) is 150 Å². The van der Waals surface area contributed by atoms with Crippen molar-refractivity contribution in [2.45, 2.75) is 103 Å². The third kappa shape index (κ3) is 18.9. The summed E-state index contributed by atoms with van der Waals surface area (Å²) >= 11 is 0. The molecule has 0 spiro atoms. The SMILES string of the molecule is COCCOCCOCCO/N=C(/C(CC(C)C)NC(=O)[C@H](C)NC(=O)[C@H](CCC(C)C)NC(=O)[C@H](CCc1ccccc1)NC(=O)CN1CCOCC1)[C@@]1(C)CO1. The number of aryl methyl sites for hydroxylation is 1. The lowest BCUT2D eigenvalue weighted by Gasteiger charge is -2.28. The van der Waals surface area contributed by atoms with Gasteiger partial charge in [-0.15, -0.1) is 0 Å². The number of epoxide rings is 1. The average molecular weight is 819 g/mol. The Kier molecular flexibility index (Phi) is 22.2. The predicted octanol–water partition coefficient (Wildman–Crippen LogP) is 2.23. The predicted molar refractivity (Wildman–Crippen MR) is 220 cm³/mol. The highest BCUT2D eigenvalue weighted by atomic mass is 16.6. The number of oxime groups is 1. The summed E-state index contributed by atoms with van der Waals surface area (Å²) in [5.41, 5.74) is 0.880. The Labute approximate surface area is 345 Å². The van der Waals surface area contributed by atoms with Crippen molar-refractivity contribution in [1.82, 2.24) is 26.2 Å². The monoisotopic (exact) mass is 819 g/mol. The van der Waals surface area contributed by atoms with Gasteiger partial charge in [0, 0.05) is 20.2 Å². The average Bonchev–Trinajstić information content (AvgIpc) is 3.94.